The van der Waals surface area contributed by atoms with Crippen molar-refractivity contribution < 1.29 is 22.7 Å². The van der Waals surface area contributed by atoms with Crippen molar-refractivity contribution in [2.24, 2.45) is 0 Å². The minimum atomic E-state index is -3.95. The lowest BCUT2D eigenvalue weighted by Gasteiger charge is -2.37. The van der Waals surface area contributed by atoms with E-state index in [1.54, 1.807) is 49.4 Å². The second-order valence-corrected chi connectivity index (χ2v) is 9.48. The van der Waals surface area contributed by atoms with Crippen molar-refractivity contribution in [1.29, 1.82) is 0 Å². The smallest absolute Gasteiger partial charge is 0.337 e. The minimum absolute atomic E-state index is 0.000467. The van der Waals surface area contributed by atoms with E-state index in [1.807, 2.05) is 9.80 Å². The summed E-state index contributed by atoms with van der Waals surface area (Å²) < 4.78 is 42.2. The Hall–Kier alpha value is -3.59. The number of nitrogens with zero attached hydrogens (tertiary/aromatic N) is 2. The van der Waals surface area contributed by atoms with Gasteiger partial charge in [0, 0.05) is 31.9 Å². The number of halogens is 1. The second-order valence-electron chi connectivity index (χ2n) is 7.83. The van der Waals surface area contributed by atoms with Crippen LogP contribution in [0.25, 0.3) is 0 Å². The number of carbonyl (C=O) groups is 1. The van der Waals surface area contributed by atoms with Crippen molar-refractivity contribution in [1.82, 2.24) is 0 Å². The number of hydrogen-bond acceptors (Lipinski definition) is 5. The molecule has 0 radical (unpaired) electrons. The number of carboxylic acid groups (broad SMARTS) is 1. The number of para-hydroxylation sites is 1. The Morgan fingerprint density at radius 3 is 2.24 bits per heavy atom. The van der Waals surface area contributed by atoms with Gasteiger partial charge in [0.15, 0.2) is 0 Å². The highest BCUT2D eigenvalue weighted by Gasteiger charge is 2.23. The first kappa shape index (κ1) is 22.6. The van der Waals surface area contributed by atoms with Gasteiger partial charge in [-0.2, -0.15) is 0 Å². The first-order chi connectivity index (χ1) is 15.8. The standard InChI is InChI=1S/C24H24FN3O4S/c1-17-6-2-5-9-23(17)33(31,32)26-21-11-10-18(16-19(21)24(29)30)27-12-14-28(15-13-27)22-8-4-3-7-20(22)25/h2-11,16,26H,12-15H2,1H3,(H,29,30). The second kappa shape index (κ2) is 9.11. The van der Waals surface area contributed by atoms with E-state index >= 15 is 0 Å². The summed E-state index contributed by atoms with van der Waals surface area (Å²) in [5.74, 6) is -1.51. The molecule has 1 aliphatic rings. The lowest BCUT2D eigenvalue weighted by atomic mass is 10.1. The molecule has 0 aliphatic carbocycles. The molecule has 1 aliphatic heterocycles. The molecule has 0 spiro atoms. The van der Waals surface area contributed by atoms with Crippen LogP contribution in [0.5, 0.6) is 0 Å². The molecule has 33 heavy (non-hydrogen) atoms. The molecule has 1 fully saturated rings. The van der Waals surface area contributed by atoms with Crippen LogP contribution in [0.2, 0.25) is 0 Å². The Morgan fingerprint density at radius 2 is 1.58 bits per heavy atom. The average molecular weight is 470 g/mol. The molecule has 0 amide bonds. The number of rotatable bonds is 6. The Kier molecular flexibility index (Phi) is 6.24. The Bertz CT molecular complexity index is 1290. The van der Waals surface area contributed by atoms with Gasteiger partial charge < -0.3 is 14.9 Å². The number of hydrogen-bond donors (Lipinski definition) is 2. The van der Waals surface area contributed by atoms with Crippen molar-refractivity contribution in [3.05, 3.63) is 83.7 Å². The van der Waals surface area contributed by atoms with Gasteiger partial charge in [0.2, 0.25) is 0 Å². The number of benzene rings is 3. The minimum Gasteiger partial charge on any atom is -0.478 e. The van der Waals surface area contributed by atoms with Gasteiger partial charge in [-0.1, -0.05) is 30.3 Å². The van der Waals surface area contributed by atoms with Crippen molar-refractivity contribution in [2.45, 2.75) is 11.8 Å². The summed E-state index contributed by atoms with van der Waals surface area (Å²) in [6, 6.07) is 17.7. The Morgan fingerprint density at radius 1 is 0.939 bits per heavy atom. The van der Waals surface area contributed by atoms with Crippen LogP contribution in [0.4, 0.5) is 21.5 Å². The predicted octanol–water partition coefficient (Wildman–Crippen LogP) is 3.96. The zero-order valence-corrected chi connectivity index (χ0v) is 18.8. The molecule has 9 heteroatoms. The normalized spacial score (nSPS) is 14.2. The fraction of sp³-hybridized carbons (Fsp3) is 0.208. The zero-order chi connectivity index (χ0) is 23.6. The number of nitrogens with one attached hydrogen (secondary N) is 1. The summed E-state index contributed by atoms with van der Waals surface area (Å²) in [5.41, 5.74) is 1.63. The van der Waals surface area contributed by atoms with Crippen LogP contribution in [-0.2, 0) is 10.0 Å². The number of sulfonamides is 1. The maximum absolute atomic E-state index is 14.1. The van der Waals surface area contributed by atoms with Crippen LogP contribution in [0.3, 0.4) is 0 Å². The fourth-order valence-electron chi connectivity index (χ4n) is 3.97. The molecular weight excluding hydrogens is 445 g/mol. The van der Waals surface area contributed by atoms with E-state index in [9.17, 15) is 22.7 Å². The van der Waals surface area contributed by atoms with E-state index in [-0.39, 0.29) is 22.0 Å². The maximum atomic E-state index is 14.1. The van der Waals surface area contributed by atoms with Crippen molar-refractivity contribution in [2.75, 3.05) is 40.7 Å². The molecule has 4 rings (SSSR count). The summed E-state index contributed by atoms with van der Waals surface area (Å²) in [5, 5.41) is 9.73. The topological polar surface area (TPSA) is 90.0 Å². The van der Waals surface area contributed by atoms with E-state index in [2.05, 4.69) is 4.72 Å². The van der Waals surface area contributed by atoms with Crippen LogP contribution in [0.1, 0.15) is 15.9 Å². The van der Waals surface area contributed by atoms with Crippen molar-refractivity contribution >= 4 is 33.1 Å². The molecule has 0 atom stereocenters. The highest BCUT2D eigenvalue weighted by molar-refractivity contribution is 7.92. The summed E-state index contributed by atoms with van der Waals surface area (Å²) >= 11 is 0. The van der Waals surface area contributed by atoms with Gasteiger partial charge >= 0.3 is 5.97 Å². The third-order valence-electron chi connectivity index (χ3n) is 5.70. The zero-order valence-electron chi connectivity index (χ0n) is 18.0. The Balaban J connectivity index is 1.54. The molecular formula is C24H24FN3O4S. The quantitative estimate of drug-likeness (QED) is 0.568. The van der Waals surface area contributed by atoms with E-state index in [0.717, 1.165) is 0 Å². The van der Waals surface area contributed by atoms with Crippen molar-refractivity contribution in [3.8, 4) is 0 Å². The number of carboxylic acids is 1. The average Bonchev–Trinajstić information content (AvgIpc) is 2.79. The molecule has 1 heterocycles. The predicted molar refractivity (Wildman–Crippen MR) is 126 cm³/mol. The fourth-order valence-corrected chi connectivity index (χ4v) is 5.29. The highest BCUT2D eigenvalue weighted by atomic mass is 32.2. The molecule has 2 N–H and O–H groups in total. The van der Waals surface area contributed by atoms with Crippen LogP contribution in [0, 0.1) is 12.7 Å². The lowest BCUT2D eigenvalue weighted by Crippen LogP contribution is -2.46. The summed E-state index contributed by atoms with van der Waals surface area (Å²) in [6.07, 6.45) is 0. The van der Waals surface area contributed by atoms with Crippen LogP contribution >= 0.6 is 0 Å². The first-order valence-electron chi connectivity index (χ1n) is 10.5. The molecule has 3 aromatic rings. The van der Waals surface area contributed by atoms with E-state index in [4.69, 9.17) is 0 Å². The molecule has 0 aromatic heterocycles. The molecule has 7 nitrogen and oxygen atoms in total. The molecule has 0 saturated carbocycles. The van der Waals surface area contributed by atoms with E-state index in [1.165, 1.54) is 24.3 Å². The highest BCUT2D eigenvalue weighted by Crippen LogP contribution is 2.28. The number of aromatic carboxylic acids is 1. The molecule has 0 bridgehead atoms. The van der Waals surface area contributed by atoms with E-state index in [0.29, 0.717) is 43.1 Å². The Labute approximate surface area is 192 Å². The van der Waals surface area contributed by atoms with Gasteiger partial charge in [-0.05, 0) is 48.9 Å². The third kappa shape index (κ3) is 4.78. The molecule has 1 saturated heterocycles. The van der Waals surface area contributed by atoms with Crippen LogP contribution in [0.15, 0.2) is 71.6 Å². The van der Waals surface area contributed by atoms with Gasteiger partial charge in [-0.15, -0.1) is 0 Å². The number of piperazine rings is 1. The number of aryl methyl sites for hydroxylation is 1. The third-order valence-corrected chi connectivity index (χ3v) is 7.22. The van der Waals surface area contributed by atoms with Crippen LogP contribution < -0.4 is 14.5 Å². The van der Waals surface area contributed by atoms with Gasteiger partial charge in [0.05, 0.1) is 21.8 Å². The summed E-state index contributed by atoms with van der Waals surface area (Å²) in [7, 11) is -3.95. The van der Waals surface area contributed by atoms with Crippen molar-refractivity contribution in [3.63, 3.8) is 0 Å². The van der Waals surface area contributed by atoms with E-state index < -0.39 is 16.0 Å². The van der Waals surface area contributed by atoms with Gasteiger partial charge in [-0.25, -0.2) is 17.6 Å². The van der Waals surface area contributed by atoms with Gasteiger partial charge in [-0.3, -0.25) is 4.72 Å². The van der Waals surface area contributed by atoms with Gasteiger partial charge in [0.1, 0.15) is 5.82 Å². The van der Waals surface area contributed by atoms with Gasteiger partial charge in [0.25, 0.3) is 10.0 Å². The molecule has 3 aromatic carbocycles. The first-order valence-corrected chi connectivity index (χ1v) is 11.9. The number of anilines is 3. The summed E-state index contributed by atoms with van der Waals surface area (Å²) in [4.78, 5) is 16.0. The lowest BCUT2D eigenvalue weighted by molar-refractivity contribution is 0.0698. The molecule has 0 unspecified atom stereocenters. The SMILES string of the molecule is Cc1ccccc1S(=O)(=O)Nc1ccc(N2CCN(c3ccccc3F)CC2)cc1C(=O)O. The monoisotopic (exact) mass is 469 g/mol. The largest absolute Gasteiger partial charge is 0.478 e. The maximum Gasteiger partial charge on any atom is 0.337 e. The van der Waals surface area contributed by atoms with Crippen LogP contribution in [-0.4, -0.2) is 45.7 Å². The molecule has 172 valence electrons. The summed E-state index contributed by atoms with van der Waals surface area (Å²) in [6.45, 7) is 3.97.